The van der Waals surface area contributed by atoms with Crippen LogP contribution in [0.1, 0.15) is 22.8 Å². The Balaban J connectivity index is 2.15. The molecule has 0 saturated heterocycles. The molecule has 0 aliphatic heterocycles. The average molecular weight is 366 g/mol. The van der Waals surface area contributed by atoms with Crippen LogP contribution in [0, 0.1) is 6.92 Å². The van der Waals surface area contributed by atoms with Gasteiger partial charge in [0.2, 0.25) is 0 Å². The third-order valence-corrected chi connectivity index (χ3v) is 4.22. The maximum atomic E-state index is 12.8. The SMILES string of the molecule is COC(=O)[C@H](C)OC(=O)c1cccc2c(=O)c(C)c(-c3ccccc3)oc12. The molecule has 138 valence electrons. The molecule has 0 amide bonds. The van der Waals surface area contributed by atoms with Crippen molar-refractivity contribution in [3.8, 4) is 11.3 Å². The number of carbonyl (C=O) groups excluding carboxylic acids is 2. The van der Waals surface area contributed by atoms with Gasteiger partial charge in [0.15, 0.2) is 17.1 Å². The highest BCUT2D eigenvalue weighted by molar-refractivity contribution is 6.03. The van der Waals surface area contributed by atoms with E-state index < -0.39 is 18.0 Å². The van der Waals surface area contributed by atoms with E-state index in [2.05, 4.69) is 4.74 Å². The molecule has 1 atom stereocenters. The van der Waals surface area contributed by atoms with Crippen molar-refractivity contribution in [3.63, 3.8) is 0 Å². The molecule has 0 radical (unpaired) electrons. The fourth-order valence-corrected chi connectivity index (χ4v) is 2.77. The van der Waals surface area contributed by atoms with Gasteiger partial charge in [-0.3, -0.25) is 4.79 Å². The van der Waals surface area contributed by atoms with E-state index >= 15 is 0 Å². The molecule has 0 N–H and O–H groups in total. The van der Waals surface area contributed by atoms with E-state index in [4.69, 9.17) is 9.15 Å². The topological polar surface area (TPSA) is 82.8 Å². The van der Waals surface area contributed by atoms with Gasteiger partial charge in [0.25, 0.3) is 0 Å². The van der Waals surface area contributed by atoms with Crippen LogP contribution in [0.2, 0.25) is 0 Å². The third kappa shape index (κ3) is 3.46. The van der Waals surface area contributed by atoms with E-state index in [9.17, 15) is 14.4 Å². The number of rotatable bonds is 4. The minimum atomic E-state index is -1.08. The first-order chi connectivity index (χ1) is 12.9. The molecule has 6 heteroatoms. The number of para-hydroxylation sites is 1. The highest BCUT2D eigenvalue weighted by Crippen LogP contribution is 2.27. The monoisotopic (exact) mass is 366 g/mol. The number of benzene rings is 2. The molecular weight excluding hydrogens is 348 g/mol. The van der Waals surface area contributed by atoms with E-state index in [1.807, 2.05) is 30.3 Å². The lowest BCUT2D eigenvalue weighted by Crippen LogP contribution is -2.25. The quantitative estimate of drug-likeness (QED) is 0.658. The number of esters is 2. The second-order valence-electron chi connectivity index (χ2n) is 6.00. The van der Waals surface area contributed by atoms with E-state index in [-0.39, 0.29) is 22.0 Å². The molecule has 2 aromatic carbocycles. The standard InChI is InChI=1S/C21H18O6/c1-12-17(22)15-10-7-11-16(21(24)26-13(2)20(23)25-3)19(15)27-18(12)14-8-5-4-6-9-14/h4-11,13H,1-3H3/t13-/m0/s1. The molecule has 0 aliphatic rings. The lowest BCUT2D eigenvalue weighted by atomic mass is 10.0. The molecule has 1 heterocycles. The summed E-state index contributed by atoms with van der Waals surface area (Å²) in [5.74, 6) is -1.07. The van der Waals surface area contributed by atoms with Gasteiger partial charge in [0.1, 0.15) is 11.3 Å². The Morgan fingerprint density at radius 2 is 1.74 bits per heavy atom. The highest BCUT2D eigenvalue weighted by atomic mass is 16.6. The van der Waals surface area contributed by atoms with Crippen LogP contribution in [0.15, 0.2) is 57.7 Å². The fourth-order valence-electron chi connectivity index (χ4n) is 2.77. The summed E-state index contributed by atoms with van der Waals surface area (Å²) in [7, 11) is 1.21. The van der Waals surface area contributed by atoms with E-state index in [0.29, 0.717) is 11.3 Å². The van der Waals surface area contributed by atoms with Gasteiger partial charge in [0, 0.05) is 11.1 Å². The minimum absolute atomic E-state index is 0.0672. The summed E-state index contributed by atoms with van der Waals surface area (Å²) >= 11 is 0. The van der Waals surface area contributed by atoms with Gasteiger partial charge in [-0.2, -0.15) is 0 Å². The molecule has 1 aromatic heterocycles. The molecule has 3 rings (SSSR count). The second kappa shape index (κ2) is 7.45. The van der Waals surface area contributed by atoms with Gasteiger partial charge in [-0.05, 0) is 26.0 Å². The Hall–Kier alpha value is -3.41. The summed E-state index contributed by atoms with van der Waals surface area (Å²) in [5.41, 5.74) is 1.12. The molecule has 0 spiro atoms. The second-order valence-corrected chi connectivity index (χ2v) is 6.00. The van der Waals surface area contributed by atoms with Crippen LogP contribution in [0.5, 0.6) is 0 Å². The first kappa shape index (κ1) is 18.4. The summed E-state index contributed by atoms with van der Waals surface area (Å²) in [6.45, 7) is 3.09. The Morgan fingerprint density at radius 1 is 1.04 bits per heavy atom. The van der Waals surface area contributed by atoms with Crippen LogP contribution in [0.3, 0.4) is 0 Å². The van der Waals surface area contributed by atoms with Crippen molar-refractivity contribution < 1.29 is 23.5 Å². The summed E-state index contributed by atoms with van der Waals surface area (Å²) in [6, 6.07) is 13.8. The zero-order chi connectivity index (χ0) is 19.6. The zero-order valence-electron chi connectivity index (χ0n) is 15.1. The Morgan fingerprint density at radius 3 is 2.41 bits per heavy atom. The average Bonchev–Trinajstić information content (AvgIpc) is 2.70. The molecular formula is C21H18O6. The Bertz CT molecular complexity index is 1070. The molecule has 3 aromatic rings. The predicted octanol–water partition coefficient (Wildman–Crippen LogP) is 3.49. The molecule has 0 saturated carbocycles. The van der Waals surface area contributed by atoms with Gasteiger partial charge in [0.05, 0.1) is 12.5 Å². The van der Waals surface area contributed by atoms with Crippen molar-refractivity contribution in [3.05, 3.63) is 69.9 Å². The first-order valence-electron chi connectivity index (χ1n) is 8.34. The smallest absolute Gasteiger partial charge is 0.346 e. The number of methoxy groups -OCH3 is 1. The minimum Gasteiger partial charge on any atom is -0.466 e. The van der Waals surface area contributed by atoms with Gasteiger partial charge >= 0.3 is 11.9 Å². The van der Waals surface area contributed by atoms with Gasteiger partial charge in [-0.15, -0.1) is 0 Å². The lowest BCUT2D eigenvalue weighted by Gasteiger charge is -2.13. The van der Waals surface area contributed by atoms with Crippen LogP contribution < -0.4 is 5.43 Å². The van der Waals surface area contributed by atoms with Crippen LogP contribution in [0.25, 0.3) is 22.3 Å². The summed E-state index contributed by atoms with van der Waals surface area (Å²) < 4.78 is 15.7. The maximum Gasteiger partial charge on any atom is 0.346 e. The number of hydrogen-bond acceptors (Lipinski definition) is 6. The van der Waals surface area contributed by atoms with Crippen molar-refractivity contribution in [2.45, 2.75) is 20.0 Å². The van der Waals surface area contributed by atoms with Crippen LogP contribution >= 0.6 is 0 Å². The van der Waals surface area contributed by atoms with E-state index in [1.165, 1.54) is 20.1 Å². The molecule has 27 heavy (non-hydrogen) atoms. The van der Waals surface area contributed by atoms with Gasteiger partial charge < -0.3 is 13.9 Å². The van der Waals surface area contributed by atoms with E-state index in [0.717, 1.165) is 5.56 Å². The van der Waals surface area contributed by atoms with Crippen molar-refractivity contribution in [2.24, 2.45) is 0 Å². The molecule has 0 bridgehead atoms. The zero-order valence-corrected chi connectivity index (χ0v) is 15.1. The van der Waals surface area contributed by atoms with Crippen LogP contribution in [-0.4, -0.2) is 25.2 Å². The van der Waals surface area contributed by atoms with Crippen molar-refractivity contribution >= 4 is 22.9 Å². The van der Waals surface area contributed by atoms with E-state index in [1.54, 1.807) is 19.1 Å². The molecule has 0 fully saturated rings. The lowest BCUT2D eigenvalue weighted by molar-refractivity contribution is -0.149. The summed E-state index contributed by atoms with van der Waals surface area (Å²) in [6.07, 6.45) is -1.08. The van der Waals surface area contributed by atoms with Crippen LogP contribution in [-0.2, 0) is 14.3 Å². The van der Waals surface area contributed by atoms with Crippen molar-refractivity contribution in [2.75, 3.05) is 7.11 Å². The Kier molecular flexibility index (Phi) is 5.07. The third-order valence-electron chi connectivity index (χ3n) is 4.22. The fraction of sp³-hybridized carbons (Fsp3) is 0.190. The number of carbonyl (C=O) groups is 2. The first-order valence-corrected chi connectivity index (χ1v) is 8.34. The van der Waals surface area contributed by atoms with Gasteiger partial charge in [-0.25, -0.2) is 9.59 Å². The molecule has 6 nitrogen and oxygen atoms in total. The number of ether oxygens (including phenoxy) is 2. The maximum absolute atomic E-state index is 12.8. The molecule has 0 aliphatic carbocycles. The number of fused-ring (bicyclic) bond motifs is 1. The molecule has 0 unspecified atom stereocenters. The summed E-state index contributed by atoms with van der Waals surface area (Å²) in [5, 5.41) is 0.271. The van der Waals surface area contributed by atoms with Crippen LogP contribution in [0.4, 0.5) is 0 Å². The largest absolute Gasteiger partial charge is 0.466 e. The normalized spacial score (nSPS) is 11.8. The van der Waals surface area contributed by atoms with Crippen molar-refractivity contribution in [1.29, 1.82) is 0 Å². The predicted molar refractivity (Wildman–Crippen MR) is 99.6 cm³/mol. The Labute approximate surface area is 155 Å². The van der Waals surface area contributed by atoms with Gasteiger partial charge in [-0.1, -0.05) is 36.4 Å². The van der Waals surface area contributed by atoms with Crippen molar-refractivity contribution in [1.82, 2.24) is 0 Å². The number of hydrogen-bond donors (Lipinski definition) is 0. The highest BCUT2D eigenvalue weighted by Gasteiger charge is 2.23. The summed E-state index contributed by atoms with van der Waals surface area (Å²) in [4.78, 5) is 36.8.